The largest absolute Gasteiger partial charge is 0.492 e. The van der Waals surface area contributed by atoms with Crippen LogP contribution in [0.5, 0.6) is 11.5 Å². The summed E-state index contributed by atoms with van der Waals surface area (Å²) in [7, 11) is 1.40. The lowest BCUT2D eigenvalue weighted by molar-refractivity contribution is -0.141. The van der Waals surface area contributed by atoms with Gasteiger partial charge in [0.1, 0.15) is 55.4 Å². The third-order valence-corrected chi connectivity index (χ3v) is 11.1. The van der Waals surface area contributed by atoms with Crippen LogP contribution in [0.2, 0.25) is 0 Å². The quantitative estimate of drug-likeness (QED) is 0.0715. The zero-order valence-corrected chi connectivity index (χ0v) is 39.5. The fourth-order valence-electron chi connectivity index (χ4n) is 7.48. The Balaban J connectivity index is 1.83. The first-order valence-corrected chi connectivity index (χ1v) is 22.0. The fourth-order valence-corrected chi connectivity index (χ4v) is 7.48. The molecule has 67 heavy (non-hydrogen) atoms. The van der Waals surface area contributed by atoms with Gasteiger partial charge in [0.15, 0.2) is 0 Å². The summed E-state index contributed by atoms with van der Waals surface area (Å²) in [5.74, 6) is -2.72. The monoisotopic (exact) mass is 920 g/mol. The van der Waals surface area contributed by atoms with Crippen molar-refractivity contribution in [3.8, 4) is 28.7 Å². The molecular formula is C49H65N11O7. The standard InChI is InChI=1S/C49H65N11O7/c1-9-33(49(5,6)7)13-10-28(2)38-27-36(54)42(29(3)56-38)46(63)58-37(16-17-50)48(65)60(8)43-32-12-15-41(67-23-20-53)35(26-32)34-24-31(11-14-40(34)66-22-19-52)25-39(45(62)55-21-18-51)59-44(61)30(4)57-47(43)64/h9-15,24,26-27,30,37,39,43H,1,16-17,19-23,25,50,52-53H2,2-8H3,(H2,54,56)(H,55,62)(H,57,64)(H,58,63)(H,59,61)/b28-10+,33-13+/t30-,37-,39-,43-/m0/s1. The van der Waals surface area contributed by atoms with Gasteiger partial charge in [0.2, 0.25) is 23.6 Å². The van der Waals surface area contributed by atoms with Crippen molar-refractivity contribution in [1.29, 1.82) is 5.26 Å². The fraction of sp³-hybridized carbons (Fsp3) is 0.408. The molecule has 0 unspecified atom stereocenters. The van der Waals surface area contributed by atoms with E-state index in [1.165, 1.54) is 18.9 Å². The van der Waals surface area contributed by atoms with Crippen molar-refractivity contribution in [3.63, 3.8) is 0 Å². The second-order valence-electron chi connectivity index (χ2n) is 17.2. The zero-order valence-electron chi connectivity index (χ0n) is 39.5. The number of carbonyl (C=O) groups excluding carboxylic acids is 5. The number of hydrogen-bond acceptors (Lipinski definition) is 13. The zero-order chi connectivity index (χ0) is 49.6. The number of carbonyl (C=O) groups is 5. The molecule has 0 fully saturated rings. The van der Waals surface area contributed by atoms with E-state index in [0.717, 1.165) is 11.1 Å². The van der Waals surface area contributed by atoms with E-state index in [2.05, 4.69) is 53.6 Å². The molecule has 2 heterocycles. The van der Waals surface area contributed by atoms with Crippen molar-refractivity contribution in [2.45, 2.75) is 78.6 Å². The Hall–Kier alpha value is -7.07. The van der Waals surface area contributed by atoms with Crippen LogP contribution in [0, 0.1) is 23.7 Å². The maximum absolute atomic E-state index is 14.7. The van der Waals surface area contributed by atoms with Crippen molar-refractivity contribution >= 4 is 40.8 Å². The second kappa shape index (κ2) is 23.9. The topological polar surface area (TPSA) is 296 Å². The summed E-state index contributed by atoms with van der Waals surface area (Å²) < 4.78 is 12.2. The van der Waals surface area contributed by atoms with E-state index < -0.39 is 53.7 Å². The van der Waals surface area contributed by atoms with E-state index in [-0.39, 0.29) is 68.9 Å². The number of fused-ring (bicyclic) bond motifs is 5. The van der Waals surface area contributed by atoms with Crippen molar-refractivity contribution in [3.05, 3.63) is 101 Å². The molecule has 1 aromatic heterocycles. The van der Waals surface area contributed by atoms with E-state index in [1.54, 1.807) is 55.5 Å². The van der Waals surface area contributed by atoms with Crippen molar-refractivity contribution in [2.75, 3.05) is 52.2 Å². The highest BCUT2D eigenvalue weighted by atomic mass is 16.5. The van der Waals surface area contributed by atoms with Gasteiger partial charge >= 0.3 is 0 Å². The molecular weight excluding hydrogens is 855 g/mol. The lowest BCUT2D eigenvalue weighted by atomic mass is 9.86. The average molecular weight is 920 g/mol. The number of nitrogens with two attached hydrogens (primary N) is 4. The number of amides is 5. The van der Waals surface area contributed by atoms with Crippen LogP contribution in [0.15, 0.2) is 72.8 Å². The molecule has 12 N–H and O–H groups in total. The summed E-state index contributed by atoms with van der Waals surface area (Å²) in [5, 5.41) is 19.9. The predicted octanol–water partition coefficient (Wildman–Crippen LogP) is 2.71. The number of benzene rings is 2. The molecule has 18 heteroatoms. The number of nitrogens with one attached hydrogen (secondary N) is 4. The molecule has 1 aliphatic rings. The number of aromatic nitrogens is 1. The summed E-state index contributed by atoms with van der Waals surface area (Å²) in [6, 6.07) is 8.49. The Kier molecular flexibility index (Phi) is 18.8. The van der Waals surface area contributed by atoms with Crippen LogP contribution in [-0.4, -0.2) is 104 Å². The summed E-state index contributed by atoms with van der Waals surface area (Å²) in [6.07, 6.45) is 5.64. The van der Waals surface area contributed by atoms with Gasteiger partial charge in [-0.05, 0) is 91.8 Å². The SMILES string of the molecule is C=C/C(=C\C=C(/C)c1cc(N)c(C(=O)N[C@@H](CCN)C(=O)N(C)[C@@H]2C(=O)N[C@@H](C)C(=O)N[C@H](C(=O)NCC#N)Cc3ccc(OCCN)c(c3)-c3cc2ccc3OCCN)c(C)n1)C(C)(C)C. The number of ether oxygens (including phenoxy) is 2. The number of nitrogen functional groups attached to an aromatic ring is 1. The average Bonchev–Trinajstić information content (AvgIpc) is 3.28. The molecule has 3 aromatic rings. The van der Waals surface area contributed by atoms with Crippen molar-refractivity contribution < 1.29 is 33.4 Å². The Labute approximate surface area is 392 Å². The van der Waals surface area contributed by atoms with E-state index in [1.807, 2.05) is 25.1 Å². The number of nitrogens with zero attached hydrogens (tertiary/aromatic N) is 3. The van der Waals surface area contributed by atoms with Gasteiger partial charge in [-0.2, -0.15) is 5.26 Å². The molecule has 18 nitrogen and oxygen atoms in total. The first-order valence-electron chi connectivity index (χ1n) is 22.0. The Bertz CT molecular complexity index is 2410. The number of aryl methyl sites for hydroxylation is 1. The second-order valence-corrected chi connectivity index (χ2v) is 17.2. The van der Waals surface area contributed by atoms with Gasteiger partial charge in [0.25, 0.3) is 5.91 Å². The van der Waals surface area contributed by atoms with E-state index in [0.29, 0.717) is 45.1 Å². The number of allylic oxidation sites excluding steroid dienone is 5. The number of pyridine rings is 1. The minimum Gasteiger partial charge on any atom is -0.492 e. The summed E-state index contributed by atoms with van der Waals surface area (Å²) in [4.78, 5) is 76.3. The van der Waals surface area contributed by atoms with Gasteiger partial charge < -0.3 is 58.6 Å². The highest BCUT2D eigenvalue weighted by Gasteiger charge is 2.36. The molecule has 0 saturated carbocycles. The van der Waals surface area contributed by atoms with Gasteiger partial charge in [-0.1, -0.05) is 57.7 Å². The number of likely N-dealkylation sites (N-methyl/N-ethyl adjacent to an activating group) is 1. The molecule has 1 aliphatic heterocycles. The van der Waals surface area contributed by atoms with Gasteiger partial charge in [-0.15, -0.1) is 0 Å². The summed E-state index contributed by atoms with van der Waals surface area (Å²) >= 11 is 0. The summed E-state index contributed by atoms with van der Waals surface area (Å²) in [5.41, 5.74) is 28.8. The van der Waals surface area contributed by atoms with E-state index in [4.69, 9.17) is 32.4 Å². The van der Waals surface area contributed by atoms with Crippen LogP contribution < -0.4 is 53.7 Å². The number of nitriles is 1. The van der Waals surface area contributed by atoms with Crippen LogP contribution in [-0.2, 0) is 25.6 Å². The molecule has 0 saturated heterocycles. The minimum atomic E-state index is -1.42. The lowest BCUT2D eigenvalue weighted by Gasteiger charge is -2.32. The highest BCUT2D eigenvalue weighted by Crippen LogP contribution is 2.40. The Morgan fingerprint density at radius 3 is 2.21 bits per heavy atom. The van der Waals surface area contributed by atoms with Crippen LogP contribution in [0.1, 0.15) is 80.0 Å². The molecule has 0 spiro atoms. The number of hydrogen-bond donors (Lipinski definition) is 8. The summed E-state index contributed by atoms with van der Waals surface area (Å²) in [6.45, 7) is 15.4. The highest BCUT2D eigenvalue weighted by molar-refractivity contribution is 6.03. The third kappa shape index (κ3) is 13.5. The first-order chi connectivity index (χ1) is 31.8. The normalized spacial score (nSPS) is 17.1. The van der Waals surface area contributed by atoms with Gasteiger partial charge in [0.05, 0.1) is 23.0 Å². The number of anilines is 1. The molecule has 4 bridgehead atoms. The van der Waals surface area contributed by atoms with Gasteiger partial charge in [-0.25, -0.2) is 0 Å². The van der Waals surface area contributed by atoms with E-state index >= 15 is 0 Å². The maximum atomic E-state index is 14.7. The molecule has 4 rings (SSSR count). The Morgan fingerprint density at radius 1 is 0.985 bits per heavy atom. The maximum Gasteiger partial charge on any atom is 0.255 e. The van der Waals surface area contributed by atoms with Gasteiger partial charge in [0, 0.05) is 43.4 Å². The van der Waals surface area contributed by atoms with Crippen LogP contribution in [0.3, 0.4) is 0 Å². The first kappa shape index (κ1) is 52.6. The Morgan fingerprint density at radius 2 is 1.63 bits per heavy atom. The minimum absolute atomic E-state index is 0.00513. The lowest BCUT2D eigenvalue weighted by Crippen LogP contribution is -2.56. The molecule has 0 aliphatic carbocycles. The van der Waals surface area contributed by atoms with Crippen molar-refractivity contribution in [2.24, 2.45) is 22.6 Å². The molecule has 358 valence electrons. The predicted molar refractivity (Wildman–Crippen MR) is 258 cm³/mol. The van der Waals surface area contributed by atoms with E-state index in [9.17, 15) is 29.2 Å². The van der Waals surface area contributed by atoms with Crippen LogP contribution in [0.25, 0.3) is 16.7 Å². The number of rotatable bonds is 17. The molecule has 5 amide bonds. The smallest absolute Gasteiger partial charge is 0.255 e. The third-order valence-electron chi connectivity index (χ3n) is 11.1. The van der Waals surface area contributed by atoms with Gasteiger partial charge in [-0.3, -0.25) is 29.0 Å². The molecule has 4 atom stereocenters. The van der Waals surface area contributed by atoms with Crippen molar-refractivity contribution in [1.82, 2.24) is 31.2 Å². The van der Waals surface area contributed by atoms with Crippen LogP contribution in [0.4, 0.5) is 5.69 Å². The molecule has 2 aromatic carbocycles. The van der Waals surface area contributed by atoms with Crippen LogP contribution >= 0.6 is 0 Å². The molecule has 0 radical (unpaired) electrons.